The minimum absolute atomic E-state index is 0.152. The van der Waals surface area contributed by atoms with E-state index in [-0.39, 0.29) is 18.3 Å². The Labute approximate surface area is 141 Å². The second-order valence-corrected chi connectivity index (χ2v) is 5.67. The first-order chi connectivity index (χ1) is 10.5. The fourth-order valence-corrected chi connectivity index (χ4v) is 2.05. The molecule has 0 aliphatic heterocycles. The van der Waals surface area contributed by atoms with Gasteiger partial charge in [0.2, 0.25) is 0 Å². The van der Waals surface area contributed by atoms with Crippen molar-refractivity contribution < 1.29 is 9.63 Å². The van der Waals surface area contributed by atoms with Gasteiger partial charge in [-0.1, -0.05) is 44.8 Å². The lowest BCUT2D eigenvalue weighted by atomic mass is 10.2. The number of hydrogen-bond donors (Lipinski definition) is 2. The van der Waals surface area contributed by atoms with Crippen LogP contribution in [0.25, 0.3) is 0 Å². The Balaban J connectivity index is 1.85. The number of oxime groups is 1. The number of halogens is 2. The standard InChI is InChI=1S/C15H13BrClN3O2/c16-11-4-6-13(7-5-11)19-14(21)9-22-20-15(18)10-2-1-3-12(17)8-10/h1-8H,9H2,(H2,18,20)(H,19,21). The van der Waals surface area contributed by atoms with Gasteiger partial charge < -0.3 is 15.9 Å². The molecule has 2 aromatic rings. The second kappa shape index (κ2) is 7.82. The van der Waals surface area contributed by atoms with Crippen LogP contribution in [0.3, 0.4) is 0 Å². The van der Waals surface area contributed by atoms with Crippen LogP contribution in [0.4, 0.5) is 5.69 Å². The predicted molar refractivity (Wildman–Crippen MR) is 90.9 cm³/mol. The number of rotatable bonds is 5. The molecule has 0 saturated heterocycles. The first kappa shape index (κ1) is 16.3. The van der Waals surface area contributed by atoms with Gasteiger partial charge in [0.25, 0.3) is 5.91 Å². The minimum atomic E-state index is -0.329. The Bertz CT molecular complexity index is 689. The Morgan fingerprint density at radius 2 is 2.00 bits per heavy atom. The largest absolute Gasteiger partial charge is 0.384 e. The molecular weight excluding hydrogens is 370 g/mol. The molecule has 0 unspecified atom stereocenters. The van der Waals surface area contributed by atoms with Crippen molar-refractivity contribution in [2.45, 2.75) is 0 Å². The zero-order valence-corrected chi connectivity index (χ0v) is 13.8. The average Bonchev–Trinajstić information content (AvgIpc) is 2.49. The van der Waals surface area contributed by atoms with E-state index >= 15 is 0 Å². The molecule has 0 fully saturated rings. The summed E-state index contributed by atoms with van der Waals surface area (Å²) in [5.41, 5.74) is 7.04. The molecule has 0 bridgehead atoms. The van der Waals surface area contributed by atoms with Gasteiger partial charge in [-0.15, -0.1) is 0 Å². The van der Waals surface area contributed by atoms with Crippen LogP contribution in [0.1, 0.15) is 5.56 Å². The lowest BCUT2D eigenvalue weighted by molar-refractivity contribution is -0.120. The molecule has 22 heavy (non-hydrogen) atoms. The van der Waals surface area contributed by atoms with Crippen molar-refractivity contribution in [2.75, 3.05) is 11.9 Å². The summed E-state index contributed by atoms with van der Waals surface area (Å²) in [6.07, 6.45) is 0. The van der Waals surface area contributed by atoms with Gasteiger partial charge in [-0.2, -0.15) is 0 Å². The monoisotopic (exact) mass is 381 g/mol. The molecule has 0 spiro atoms. The quantitative estimate of drug-likeness (QED) is 0.473. The number of nitrogens with one attached hydrogen (secondary N) is 1. The van der Waals surface area contributed by atoms with Crippen molar-refractivity contribution >= 4 is 45.0 Å². The molecule has 114 valence electrons. The first-order valence-corrected chi connectivity index (χ1v) is 7.48. The highest BCUT2D eigenvalue weighted by Gasteiger charge is 2.04. The maximum Gasteiger partial charge on any atom is 0.265 e. The van der Waals surface area contributed by atoms with Gasteiger partial charge in [-0.05, 0) is 36.4 Å². The smallest absolute Gasteiger partial charge is 0.265 e. The number of hydrogen-bond acceptors (Lipinski definition) is 3. The number of carbonyl (C=O) groups is 1. The zero-order valence-electron chi connectivity index (χ0n) is 11.4. The average molecular weight is 383 g/mol. The molecular formula is C15H13BrClN3O2. The lowest BCUT2D eigenvalue weighted by Crippen LogP contribution is -2.19. The lowest BCUT2D eigenvalue weighted by Gasteiger charge is -2.05. The van der Waals surface area contributed by atoms with Crippen LogP contribution in [0, 0.1) is 0 Å². The zero-order chi connectivity index (χ0) is 15.9. The van der Waals surface area contributed by atoms with Crippen molar-refractivity contribution in [3.05, 3.63) is 63.6 Å². The molecule has 2 aromatic carbocycles. The summed E-state index contributed by atoms with van der Waals surface area (Å²) in [6, 6.07) is 14.1. The minimum Gasteiger partial charge on any atom is -0.384 e. The van der Waals surface area contributed by atoms with E-state index in [1.54, 1.807) is 36.4 Å². The van der Waals surface area contributed by atoms with Gasteiger partial charge in [0.1, 0.15) is 0 Å². The predicted octanol–water partition coefficient (Wildman–Crippen LogP) is 3.38. The Morgan fingerprint density at radius 1 is 1.27 bits per heavy atom. The molecule has 3 N–H and O–H groups in total. The van der Waals surface area contributed by atoms with E-state index in [9.17, 15) is 4.79 Å². The highest BCUT2D eigenvalue weighted by Crippen LogP contribution is 2.14. The number of anilines is 1. The van der Waals surface area contributed by atoms with Gasteiger partial charge in [0, 0.05) is 20.7 Å². The van der Waals surface area contributed by atoms with E-state index in [2.05, 4.69) is 26.4 Å². The van der Waals surface area contributed by atoms with Crippen molar-refractivity contribution in [1.82, 2.24) is 0 Å². The van der Waals surface area contributed by atoms with Crippen molar-refractivity contribution in [3.8, 4) is 0 Å². The summed E-state index contributed by atoms with van der Waals surface area (Å²) >= 11 is 9.17. The maximum absolute atomic E-state index is 11.7. The van der Waals surface area contributed by atoms with Crippen molar-refractivity contribution in [2.24, 2.45) is 10.9 Å². The van der Waals surface area contributed by atoms with Crippen LogP contribution < -0.4 is 11.1 Å². The maximum atomic E-state index is 11.7. The van der Waals surface area contributed by atoms with E-state index in [4.69, 9.17) is 22.2 Å². The molecule has 2 rings (SSSR count). The Kier molecular flexibility index (Phi) is 5.80. The molecule has 1 amide bonds. The molecule has 5 nitrogen and oxygen atoms in total. The third-order valence-electron chi connectivity index (χ3n) is 2.61. The van der Waals surface area contributed by atoms with E-state index in [1.165, 1.54) is 0 Å². The fourth-order valence-electron chi connectivity index (χ4n) is 1.59. The van der Waals surface area contributed by atoms with Crippen molar-refractivity contribution in [3.63, 3.8) is 0 Å². The molecule has 0 saturated carbocycles. The second-order valence-electron chi connectivity index (χ2n) is 4.32. The summed E-state index contributed by atoms with van der Waals surface area (Å²) in [7, 11) is 0. The summed E-state index contributed by atoms with van der Waals surface area (Å²) < 4.78 is 0.931. The number of nitrogens with two attached hydrogens (primary N) is 1. The van der Waals surface area contributed by atoms with Crippen LogP contribution in [-0.2, 0) is 9.63 Å². The topological polar surface area (TPSA) is 76.7 Å². The van der Waals surface area contributed by atoms with Gasteiger partial charge in [0.15, 0.2) is 12.4 Å². The SMILES string of the molecule is N/C(=N\OCC(=O)Nc1ccc(Br)cc1)c1cccc(Cl)c1. The summed E-state index contributed by atoms with van der Waals surface area (Å²) in [5, 5.41) is 6.92. The molecule has 0 heterocycles. The van der Waals surface area contributed by atoms with Crippen LogP contribution in [-0.4, -0.2) is 18.3 Å². The van der Waals surface area contributed by atoms with E-state index in [1.807, 2.05) is 12.1 Å². The summed E-state index contributed by atoms with van der Waals surface area (Å²) in [5.74, 6) is -0.177. The normalized spacial score (nSPS) is 11.1. The van der Waals surface area contributed by atoms with Crippen LogP contribution in [0.5, 0.6) is 0 Å². The Morgan fingerprint density at radius 3 is 2.68 bits per heavy atom. The number of amides is 1. The molecule has 0 aliphatic carbocycles. The highest BCUT2D eigenvalue weighted by atomic mass is 79.9. The van der Waals surface area contributed by atoms with Crippen LogP contribution in [0.15, 0.2) is 58.2 Å². The van der Waals surface area contributed by atoms with Gasteiger partial charge in [0.05, 0.1) is 0 Å². The molecule has 0 aromatic heterocycles. The summed E-state index contributed by atoms with van der Waals surface area (Å²) in [6.45, 7) is -0.239. The third-order valence-corrected chi connectivity index (χ3v) is 3.37. The van der Waals surface area contributed by atoms with E-state index < -0.39 is 0 Å². The summed E-state index contributed by atoms with van der Waals surface area (Å²) in [4.78, 5) is 16.6. The van der Waals surface area contributed by atoms with Gasteiger partial charge >= 0.3 is 0 Å². The number of benzene rings is 2. The van der Waals surface area contributed by atoms with Gasteiger partial charge in [-0.3, -0.25) is 4.79 Å². The molecule has 0 atom stereocenters. The number of amidine groups is 1. The third kappa shape index (κ3) is 5.05. The molecule has 7 heteroatoms. The van der Waals surface area contributed by atoms with Crippen LogP contribution in [0.2, 0.25) is 5.02 Å². The van der Waals surface area contributed by atoms with Gasteiger partial charge in [-0.25, -0.2) is 0 Å². The van der Waals surface area contributed by atoms with E-state index in [0.29, 0.717) is 16.3 Å². The molecule has 0 radical (unpaired) electrons. The molecule has 0 aliphatic rings. The van der Waals surface area contributed by atoms with E-state index in [0.717, 1.165) is 4.47 Å². The Hall–Kier alpha value is -2.05. The number of nitrogens with zero attached hydrogens (tertiary/aromatic N) is 1. The van der Waals surface area contributed by atoms with Crippen molar-refractivity contribution in [1.29, 1.82) is 0 Å². The fraction of sp³-hybridized carbons (Fsp3) is 0.0667. The highest BCUT2D eigenvalue weighted by molar-refractivity contribution is 9.10. The van der Waals surface area contributed by atoms with Crippen LogP contribution >= 0.6 is 27.5 Å². The number of carbonyl (C=O) groups excluding carboxylic acids is 1. The first-order valence-electron chi connectivity index (χ1n) is 6.31.